The predicted octanol–water partition coefficient (Wildman–Crippen LogP) is -0.546. The number of benzene rings is 1. The van der Waals surface area contributed by atoms with Crippen molar-refractivity contribution in [2.45, 2.75) is 31.6 Å². The highest BCUT2D eigenvalue weighted by molar-refractivity contribution is 5.83. The monoisotopic (exact) mass is 285 g/mol. The molecular weight excluding hydrogens is 266 g/mol. The molecular formula is C13H19NO6. The standard InChI is InChI=1S/C9H13N.C4H6O6/c1-8(10)7-9-5-3-2-4-6-9;5-1(3(7)8)2(6)4(9)10/h2-6,8H,7,10H2,1H3;1-2,5-6H,(H,7,8)(H,9,10)/t8-;1-,2-/m01/s1. The fraction of sp³-hybridized carbons (Fsp3) is 0.385. The van der Waals surface area contributed by atoms with Crippen LogP contribution in [0.2, 0.25) is 0 Å². The molecule has 0 unspecified atom stereocenters. The van der Waals surface area contributed by atoms with Crippen LogP contribution in [0.5, 0.6) is 0 Å². The van der Waals surface area contributed by atoms with Crippen molar-refractivity contribution >= 4 is 11.9 Å². The molecule has 6 N–H and O–H groups in total. The smallest absolute Gasteiger partial charge is 0.335 e. The first-order valence-electron chi connectivity index (χ1n) is 5.87. The Morgan fingerprint density at radius 3 is 1.75 bits per heavy atom. The molecule has 20 heavy (non-hydrogen) atoms. The van der Waals surface area contributed by atoms with Gasteiger partial charge >= 0.3 is 11.9 Å². The fourth-order valence-corrected chi connectivity index (χ4v) is 1.26. The van der Waals surface area contributed by atoms with Gasteiger partial charge in [-0.15, -0.1) is 0 Å². The lowest BCUT2D eigenvalue weighted by molar-refractivity contribution is -0.165. The number of carboxylic acids is 2. The Balaban J connectivity index is 0.000000361. The molecule has 0 aliphatic carbocycles. The molecule has 0 spiro atoms. The topological polar surface area (TPSA) is 141 Å². The third-order valence-corrected chi connectivity index (χ3v) is 2.21. The van der Waals surface area contributed by atoms with E-state index in [4.69, 9.17) is 26.2 Å². The van der Waals surface area contributed by atoms with Gasteiger partial charge in [0.15, 0.2) is 12.2 Å². The Kier molecular flexibility index (Phi) is 8.14. The Hall–Kier alpha value is -1.96. The summed E-state index contributed by atoms with van der Waals surface area (Å²) in [4.78, 5) is 19.5. The van der Waals surface area contributed by atoms with E-state index in [1.54, 1.807) is 0 Å². The molecule has 0 bridgehead atoms. The summed E-state index contributed by atoms with van der Waals surface area (Å²) in [6, 6.07) is 10.6. The molecule has 3 atom stereocenters. The van der Waals surface area contributed by atoms with Crippen LogP contribution in [0.4, 0.5) is 0 Å². The van der Waals surface area contributed by atoms with Crippen molar-refractivity contribution in [2.24, 2.45) is 5.73 Å². The quantitative estimate of drug-likeness (QED) is 0.489. The molecule has 0 aliphatic rings. The van der Waals surface area contributed by atoms with Crippen molar-refractivity contribution in [1.82, 2.24) is 0 Å². The number of hydrogen-bond acceptors (Lipinski definition) is 5. The van der Waals surface area contributed by atoms with Gasteiger partial charge in [0.25, 0.3) is 0 Å². The Labute approximate surface area is 116 Å². The highest BCUT2D eigenvalue weighted by Crippen LogP contribution is 2.00. The van der Waals surface area contributed by atoms with Crippen LogP contribution in [0.3, 0.4) is 0 Å². The predicted molar refractivity (Wildman–Crippen MR) is 71.1 cm³/mol. The summed E-state index contributed by atoms with van der Waals surface area (Å²) in [6.45, 7) is 2.02. The van der Waals surface area contributed by atoms with Crippen molar-refractivity contribution in [1.29, 1.82) is 0 Å². The maximum Gasteiger partial charge on any atom is 0.335 e. The zero-order valence-corrected chi connectivity index (χ0v) is 11.0. The lowest BCUT2D eigenvalue weighted by Crippen LogP contribution is -2.39. The first-order chi connectivity index (χ1) is 9.25. The lowest BCUT2D eigenvalue weighted by Gasteiger charge is -2.07. The Morgan fingerprint density at radius 2 is 1.45 bits per heavy atom. The van der Waals surface area contributed by atoms with E-state index in [1.165, 1.54) is 5.56 Å². The van der Waals surface area contributed by atoms with Crippen molar-refractivity contribution < 1.29 is 30.0 Å². The number of nitrogens with two attached hydrogens (primary N) is 1. The molecule has 0 aromatic heterocycles. The van der Waals surface area contributed by atoms with Crippen LogP contribution < -0.4 is 5.73 Å². The number of aliphatic hydroxyl groups excluding tert-OH is 2. The second-order valence-electron chi connectivity index (χ2n) is 4.23. The van der Waals surface area contributed by atoms with Gasteiger partial charge in [-0.2, -0.15) is 0 Å². The molecule has 1 aromatic rings. The molecule has 0 saturated heterocycles. The summed E-state index contributed by atoms with van der Waals surface area (Å²) in [6.07, 6.45) is -3.56. The van der Waals surface area contributed by atoms with Gasteiger partial charge in [0.05, 0.1) is 0 Å². The Morgan fingerprint density at radius 1 is 1.05 bits per heavy atom. The molecule has 0 aliphatic heterocycles. The van der Waals surface area contributed by atoms with E-state index < -0.39 is 24.1 Å². The summed E-state index contributed by atoms with van der Waals surface area (Å²) < 4.78 is 0. The average molecular weight is 285 g/mol. The second-order valence-corrected chi connectivity index (χ2v) is 4.23. The maximum absolute atomic E-state index is 9.77. The normalized spacial score (nSPS) is 14.4. The van der Waals surface area contributed by atoms with Crippen LogP contribution in [0, 0.1) is 0 Å². The SMILES string of the molecule is C[C@H](N)Cc1ccccc1.O=C(O)[C@H](O)[C@@H](O)C(=O)O. The lowest BCUT2D eigenvalue weighted by atomic mass is 10.1. The number of rotatable bonds is 5. The maximum atomic E-state index is 9.77. The van der Waals surface area contributed by atoms with Gasteiger partial charge in [-0.1, -0.05) is 30.3 Å². The largest absolute Gasteiger partial charge is 0.479 e. The van der Waals surface area contributed by atoms with E-state index in [2.05, 4.69) is 12.1 Å². The van der Waals surface area contributed by atoms with E-state index >= 15 is 0 Å². The minimum Gasteiger partial charge on any atom is -0.479 e. The van der Waals surface area contributed by atoms with E-state index in [9.17, 15) is 9.59 Å². The van der Waals surface area contributed by atoms with Gasteiger partial charge in [-0.25, -0.2) is 9.59 Å². The van der Waals surface area contributed by atoms with Gasteiger partial charge in [-0.3, -0.25) is 0 Å². The zero-order valence-electron chi connectivity index (χ0n) is 11.0. The van der Waals surface area contributed by atoms with Gasteiger partial charge in [0, 0.05) is 6.04 Å². The molecule has 0 fully saturated rings. The summed E-state index contributed by atoms with van der Waals surface area (Å²) in [5, 5.41) is 32.5. The zero-order chi connectivity index (χ0) is 15.7. The summed E-state index contributed by atoms with van der Waals surface area (Å²) in [5.74, 6) is -3.54. The van der Waals surface area contributed by atoms with Gasteiger partial charge in [0.1, 0.15) is 0 Å². The van der Waals surface area contributed by atoms with Gasteiger partial charge in [-0.05, 0) is 18.9 Å². The van der Waals surface area contributed by atoms with E-state index in [1.807, 2.05) is 25.1 Å². The van der Waals surface area contributed by atoms with Crippen molar-refractivity contribution in [3.63, 3.8) is 0 Å². The van der Waals surface area contributed by atoms with Crippen molar-refractivity contribution in [2.75, 3.05) is 0 Å². The van der Waals surface area contributed by atoms with Gasteiger partial charge < -0.3 is 26.2 Å². The fourth-order valence-electron chi connectivity index (χ4n) is 1.26. The molecule has 0 heterocycles. The first-order valence-corrected chi connectivity index (χ1v) is 5.87. The molecule has 0 saturated carbocycles. The minimum absolute atomic E-state index is 0.266. The van der Waals surface area contributed by atoms with Crippen LogP contribution in [-0.4, -0.2) is 50.6 Å². The summed E-state index contributed by atoms with van der Waals surface area (Å²) >= 11 is 0. The van der Waals surface area contributed by atoms with Crippen LogP contribution in [-0.2, 0) is 16.0 Å². The molecule has 7 heteroatoms. The molecule has 7 nitrogen and oxygen atoms in total. The number of aliphatic hydroxyl groups is 2. The van der Waals surface area contributed by atoms with Crippen LogP contribution in [0.1, 0.15) is 12.5 Å². The highest BCUT2D eigenvalue weighted by Gasteiger charge is 2.29. The third kappa shape index (κ3) is 7.47. The number of carboxylic acid groups (broad SMARTS) is 2. The average Bonchev–Trinajstić information content (AvgIpc) is 2.38. The van der Waals surface area contributed by atoms with Gasteiger partial charge in [0.2, 0.25) is 0 Å². The van der Waals surface area contributed by atoms with E-state index in [0.29, 0.717) is 0 Å². The molecule has 0 radical (unpaired) electrons. The van der Waals surface area contributed by atoms with Crippen molar-refractivity contribution in [3.05, 3.63) is 35.9 Å². The van der Waals surface area contributed by atoms with E-state index in [0.717, 1.165) is 6.42 Å². The number of hydrogen-bond donors (Lipinski definition) is 5. The first kappa shape index (κ1) is 18.0. The van der Waals surface area contributed by atoms with Crippen LogP contribution >= 0.6 is 0 Å². The molecule has 1 aromatic carbocycles. The van der Waals surface area contributed by atoms with Crippen LogP contribution in [0.25, 0.3) is 0 Å². The molecule has 112 valence electrons. The van der Waals surface area contributed by atoms with Crippen molar-refractivity contribution in [3.8, 4) is 0 Å². The van der Waals surface area contributed by atoms with Crippen LogP contribution in [0.15, 0.2) is 30.3 Å². The third-order valence-electron chi connectivity index (χ3n) is 2.21. The van der Waals surface area contributed by atoms with E-state index in [-0.39, 0.29) is 6.04 Å². The molecule has 0 amide bonds. The number of aliphatic carboxylic acids is 2. The number of carbonyl (C=O) groups is 2. The highest BCUT2D eigenvalue weighted by atomic mass is 16.4. The summed E-state index contributed by atoms with van der Waals surface area (Å²) in [5.41, 5.74) is 6.94. The Bertz CT molecular complexity index is 402. The minimum atomic E-state index is -2.27. The molecule has 1 rings (SSSR count). The summed E-state index contributed by atoms with van der Waals surface area (Å²) in [7, 11) is 0. The second kappa shape index (κ2) is 9.03.